The number of hydrogen-bond acceptors (Lipinski definition) is 4. The molecule has 0 spiro atoms. The van der Waals surface area contributed by atoms with E-state index in [0.717, 1.165) is 17.3 Å². The molecular weight excluding hydrogens is 214 g/mol. The third kappa shape index (κ3) is 1.57. The molecule has 0 radical (unpaired) electrons. The molecule has 1 aromatic carbocycles. The summed E-state index contributed by atoms with van der Waals surface area (Å²) in [6.45, 7) is 0. The van der Waals surface area contributed by atoms with Crippen LogP contribution in [0.2, 0.25) is 0 Å². The van der Waals surface area contributed by atoms with Gasteiger partial charge < -0.3 is 0 Å². The van der Waals surface area contributed by atoms with Crippen molar-refractivity contribution < 1.29 is 4.59 Å². The summed E-state index contributed by atoms with van der Waals surface area (Å²) >= 11 is 0. The van der Waals surface area contributed by atoms with Crippen LogP contribution in [-0.2, 0) is 0 Å². The number of anilines is 1. The van der Waals surface area contributed by atoms with E-state index in [0.29, 0.717) is 4.59 Å². The Morgan fingerprint density at radius 2 is 2.06 bits per heavy atom. The van der Waals surface area contributed by atoms with Crippen LogP contribution in [0.15, 0.2) is 57.4 Å². The first kappa shape index (κ1) is 9.92. The van der Waals surface area contributed by atoms with E-state index in [1.807, 2.05) is 43.5 Å². The number of allylic oxidation sites excluding steroid dienone is 1. The molecule has 2 aliphatic rings. The number of rotatable bonds is 2. The van der Waals surface area contributed by atoms with E-state index in [1.54, 1.807) is 12.4 Å². The zero-order valence-electron chi connectivity index (χ0n) is 9.41. The predicted octanol–water partition coefficient (Wildman–Crippen LogP) is 1.78. The van der Waals surface area contributed by atoms with Crippen LogP contribution in [0.4, 0.5) is 5.69 Å². The second kappa shape index (κ2) is 3.64. The van der Waals surface area contributed by atoms with Crippen molar-refractivity contribution in [2.24, 2.45) is 15.2 Å². The fourth-order valence-electron chi connectivity index (χ4n) is 1.77. The van der Waals surface area contributed by atoms with Gasteiger partial charge in [-0.25, -0.2) is 0 Å². The largest absolute Gasteiger partial charge is 0.296 e. The maximum absolute atomic E-state index is 4.35. The molecule has 0 saturated carbocycles. The van der Waals surface area contributed by atoms with Crippen LogP contribution in [0.5, 0.6) is 0 Å². The van der Waals surface area contributed by atoms with E-state index >= 15 is 0 Å². The Labute approximate surface area is 99.1 Å². The molecule has 3 rings (SSSR count). The lowest BCUT2D eigenvalue weighted by atomic mass is 10.3. The molecule has 17 heavy (non-hydrogen) atoms. The molecule has 5 heteroatoms. The van der Waals surface area contributed by atoms with Gasteiger partial charge in [-0.3, -0.25) is 5.43 Å². The third-order valence-corrected chi connectivity index (χ3v) is 2.80. The zero-order chi connectivity index (χ0) is 11.7. The highest BCUT2D eigenvalue weighted by atomic mass is 15.7. The zero-order valence-corrected chi connectivity index (χ0v) is 9.41. The Balaban J connectivity index is 1.85. The van der Waals surface area contributed by atoms with Crippen molar-refractivity contribution in [2.75, 3.05) is 12.5 Å². The molecule has 1 N–H and O–H groups in total. The van der Waals surface area contributed by atoms with E-state index in [-0.39, 0.29) is 0 Å². The van der Waals surface area contributed by atoms with Gasteiger partial charge in [-0.05, 0) is 12.1 Å². The molecule has 1 aromatic rings. The molecule has 2 aliphatic heterocycles. The highest BCUT2D eigenvalue weighted by Crippen LogP contribution is 2.26. The van der Waals surface area contributed by atoms with Crippen LogP contribution >= 0.6 is 0 Å². The van der Waals surface area contributed by atoms with Gasteiger partial charge in [-0.2, -0.15) is 4.99 Å². The van der Waals surface area contributed by atoms with Crippen LogP contribution in [0.1, 0.15) is 0 Å². The molecule has 0 saturated heterocycles. The standard InChI is InChI=1S/C12H12N5/c1-17-11(7-8-14-17)13-9-12(17)16-15-10-5-3-2-4-6-10/h2-9,15H,1H3/q+1. The lowest BCUT2D eigenvalue weighted by Gasteiger charge is -2.17. The number of hydrogen-bond donors (Lipinski definition) is 1. The molecule has 84 valence electrons. The Morgan fingerprint density at radius 1 is 1.24 bits per heavy atom. The minimum atomic E-state index is 0.292. The average molecular weight is 226 g/mol. The Morgan fingerprint density at radius 3 is 2.88 bits per heavy atom. The minimum absolute atomic E-state index is 0.292. The van der Waals surface area contributed by atoms with Crippen LogP contribution in [0.3, 0.4) is 0 Å². The molecule has 0 amide bonds. The van der Waals surface area contributed by atoms with E-state index in [9.17, 15) is 0 Å². The topological polar surface area (TPSA) is 49.1 Å². The summed E-state index contributed by atoms with van der Waals surface area (Å²) in [7, 11) is 1.95. The SMILES string of the molecule is C[N+]12N=CC=C1N=CC2=NNc1ccccc1. The van der Waals surface area contributed by atoms with Gasteiger partial charge in [-0.15, -0.1) is 9.69 Å². The van der Waals surface area contributed by atoms with Gasteiger partial charge in [0.15, 0.2) is 0 Å². The number of para-hydroxylation sites is 1. The quantitative estimate of drug-likeness (QED) is 0.606. The Kier molecular flexibility index (Phi) is 2.12. The number of nitrogens with one attached hydrogen (secondary N) is 1. The maximum Gasteiger partial charge on any atom is 0.296 e. The molecule has 1 unspecified atom stereocenters. The first-order chi connectivity index (χ1) is 8.29. The monoisotopic (exact) mass is 226 g/mol. The molecule has 5 nitrogen and oxygen atoms in total. The van der Waals surface area contributed by atoms with Crippen molar-refractivity contribution in [1.82, 2.24) is 0 Å². The first-order valence-electron chi connectivity index (χ1n) is 5.35. The van der Waals surface area contributed by atoms with Gasteiger partial charge in [0.1, 0.15) is 13.3 Å². The fraction of sp³-hybridized carbons (Fsp3) is 0.0833. The molecule has 0 bridgehead atoms. The van der Waals surface area contributed by atoms with Gasteiger partial charge in [-0.1, -0.05) is 23.3 Å². The van der Waals surface area contributed by atoms with Crippen molar-refractivity contribution in [2.45, 2.75) is 0 Å². The molecule has 1 atom stereocenters. The van der Waals surface area contributed by atoms with Crippen LogP contribution in [-0.4, -0.2) is 29.9 Å². The minimum Gasteiger partial charge on any atom is -0.273 e. The Hall–Kier alpha value is -2.27. The summed E-state index contributed by atoms with van der Waals surface area (Å²) < 4.78 is 0.292. The van der Waals surface area contributed by atoms with E-state index in [4.69, 9.17) is 0 Å². The highest BCUT2D eigenvalue weighted by Gasteiger charge is 2.41. The molecule has 2 heterocycles. The summed E-state index contributed by atoms with van der Waals surface area (Å²) in [6.07, 6.45) is 5.38. The summed E-state index contributed by atoms with van der Waals surface area (Å²) in [6, 6.07) is 9.80. The predicted molar refractivity (Wildman–Crippen MR) is 68.8 cm³/mol. The fourth-order valence-corrected chi connectivity index (χ4v) is 1.77. The van der Waals surface area contributed by atoms with Gasteiger partial charge in [0, 0.05) is 6.08 Å². The summed E-state index contributed by atoms with van der Waals surface area (Å²) in [5, 5.41) is 8.69. The second-order valence-electron chi connectivity index (χ2n) is 3.95. The van der Waals surface area contributed by atoms with Crippen LogP contribution in [0.25, 0.3) is 0 Å². The molecule has 0 fully saturated rings. The van der Waals surface area contributed by atoms with Gasteiger partial charge in [0.05, 0.1) is 11.9 Å². The van der Waals surface area contributed by atoms with Crippen molar-refractivity contribution in [3.05, 3.63) is 42.2 Å². The van der Waals surface area contributed by atoms with Crippen LogP contribution < -0.4 is 5.43 Å². The van der Waals surface area contributed by atoms with E-state index in [1.165, 1.54) is 0 Å². The maximum atomic E-state index is 4.35. The van der Waals surface area contributed by atoms with Crippen molar-refractivity contribution >= 4 is 24.0 Å². The number of hydrazone groups is 1. The average Bonchev–Trinajstić information content (AvgIpc) is 2.85. The number of nitrogens with zero attached hydrogens (tertiary/aromatic N) is 4. The second-order valence-corrected chi connectivity index (χ2v) is 3.95. The summed E-state index contributed by atoms with van der Waals surface area (Å²) in [5.74, 6) is 1.66. The lowest BCUT2D eigenvalue weighted by Crippen LogP contribution is -2.38. The summed E-state index contributed by atoms with van der Waals surface area (Å²) in [4.78, 5) is 4.28. The number of aliphatic imine (C=N–C) groups is 1. The first-order valence-corrected chi connectivity index (χ1v) is 5.35. The molecule has 0 aromatic heterocycles. The lowest BCUT2D eigenvalue weighted by molar-refractivity contribution is -0.779. The van der Waals surface area contributed by atoms with Gasteiger partial charge in [0.25, 0.3) is 11.7 Å². The molecular formula is C12H12N5+. The number of amidine groups is 1. The van der Waals surface area contributed by atoms with E-state index < -0.39 is 0 Å². The number of fused-ring (bicyclic) bond motifs is 1. The smallest absolute Gasteiger partial charge is 0.273 e. The highest BCUT2D eigenvalue weighted by molar-refractivity contribution is 6.28. The number of benzene rings is 1. The van der Waals surface area contributed by atoms with Gasteiger partial charge >= 0.3 is 0 Å². The summed E-state index contributed by atoms with van der Waals surface area (Å²) in [5.41, 5.74) is 3.95. The number of quaternary nitrogens is 1. The normalized spacial score (nSPS) is 27.4. The Bertz CT molecular complexity index is 556. The van der Waals surface area contributed by atoms with Crippen molar-refractivity contribution in [3.63, 3.8) is 0 Å². The molecule has 0 aliphatic carbocycles. The van der Waals surface area contributed by atoms with Crippen LogP contribution in [0, 0.1) is 0 Å². The van der Waals surface area contributed by atoms with Crippen molar-refractivity contribution in [1.29, 1.82) is 0 Å². The third-order valence-electron chi connectivity index (χ3n) is 2.80. The van der Waals surface area contributed by atoms with Crippen molar-refractivity contribution in [3.8, 4) is 0 Å². The van der Waals surface area contributed by atoms with E-state index in [2.05, 4.69) is 20.6 Å². The van der Waals surface area contributed by atoms with Gasteiger partial charge in [0.2, 0.25) is 0 Å².